The number of nitrogens with one attached hydrogen (secondary N) is 1. The molecule has 3 rings (SSSR count). The van der Waals surface area contributed by atoms with E-state index in [1.165, 1.54) is 30.5 Å². The van der Waals surface area contributed by atoms with Crippen molar-refractivity contribution in [3.8, 4) is 0 Å². The van der Waals surface area contributed by atoms with Crippen molar-refractivity contribution in [3.63, 3.8) is 0 Å². The Morgan fingerprint density at radius 1 is 1.24 bits per heavy atom. The van der Waals surface area contributed by atoms with E-state index in [2.05, 4.69) is 34.7 Å². The van der Waals surface area contributed by atoms with E-state index in [9.17, 15) is 0 Å². The van der Waals surface area contributed by atoms with E-state index in [1.54, 1.807) is 0 Å². The van der Waals surface area contributed by atoms with Gasteiger partial charge in [0.15, 0.2) is 0 Å². The highest BCUT2D eigenvalue weighted by Gasteiger charge is 2.16. The summed E-state index contributed by atoms with van der Waals surface area (Å²) in [6.45, 7) is 0.844. The first-order valence-electron chi connectivity index (χ1n) is 6.23. The van der Waals surface area contributed by atoms with E-state index in [4.69, 9.17) is 0 Å². The summed E-state index contributed by atoms with van der Waals surface area (Å²) in [4.78, 5) is 0. The number of rotatable bonds is 4. The number of hydrogen-bond donors (Lipinski definition) is 1. The molecule has 1 N–H and O–H groups in total. The predicted octanol–water partition coefficient (Wildman–Crippen LogP) is 2.90. The van der Waals surface area contributed by atoms with Crippen LogP contribution in [0.15, 0.2) is 42.7 Å². The van der Waals surface area contributed by atoms with Gasteiger partial charge in [0.05, 0.1) is 6.54 Å². The average molecular weight is 227 g/mol. The number of anilines is 1. The Hall–Kier alpha value is -1.77. The van der Waals surface area contributed by atoms with Crippen LogP contribution in [0.1, 0.15) is 24.8 Å². The first-order chi connectivity index (χ1) is 8.40. The van der Waals surface area contributed by atoms with Gasteiger partial charge in [-0.3, -0.25) is 4.68 Å². The Bertz CT molecular complexity index is 455. The summed E-state index contributed by atoms with van der Waals surface area (Å²) in [6, 6.07) is 11.3. The molecule has 3 heteroatoms. The third-order valence-electron chi connectivity index (χ3n) is 3.33. The van der Waals surface area contributed by atoms with Crippen LogP contribution in [0.5, 0.6) is 0 Å². The van der Waals surface area contributed by atoms with Crippen molar-refractivity contribution in [2.45, 2.75) is 31.8 Å². The molecule has 1 saturated carbocycles. The van der Waals surface area contributed by atoms with E-state index in [0.717, 1.165) is 6.54 Å². The molecule has 1 aliphatic carbocycles. The van der Waals surface area contributed by atoms with Crippen LogP contribution < -0.4 is 5.32 Å². The standard InChI is InChI=1S/C14H17N3/c1-3-13(4-1)16-14-7-5-12(6-8-14)11-17-10-2-9-15-17/h2,5-10,13,16H,1,3-4,11H2. The molecule has 0 amide bonds. The normalized spacial score (nSPS) is 15.5. The molecule has 1 heterocycles. The summed E-state index contributed by atoms with van der Waals surface area (Å²) in [5, 5.41) is 7.75. The lowest BCUT2D eigenvalue weighted by Gasteiger charge is -2.27. The lowest BCUT2D eigenvalue weighted by molar-refractivity contribution is 0.445. The zero-order valence-electron chi connectivity index (χ0n) is 9.84. The monoisotopic (exact) mass is 227 g/mol. The SMILES string of the molecule is c1cnn(Cc2ccc(NC3CCC3)cc2)c1. The number of nitrogens with zero attached hydrogens (tertiary/aromatic N) is 2. The minimum atomic E-state index is 0.701. The van der Waals surface area contributed by atoms with E-state index in [-0.39, 0.29) is 0 Å². The summed E-state index contributed by atoms with van der Waals surface area (Å²) in [5.41, 5.74) is 2.52. The van der Waals surface area contributed by atoms with Gasteiger partial charge in [0.1, 0.15) is 0 Å². The molecule has 0 atom stereocenters. The van der Waals surface area contributed by atoms with Crippen LogP contribution in [-0.2, 0) is 6.54 Å². The summed E-state index contributed by atoms with van der Waals surface area (Å²) >= 11 is 0. The fourth-order valence-electron chi connectivity index (χ4n) is 2.08. The highest BCUT2D eigenvalue weighted by atomic mass is 15.3. The van der Waals surface area contributed by atoms with Crippen LogP contribution in [0.25, 0.3) is 0 Å². The fraction of sp³-hybridized carbons (Fsp3) is 0.357. The van der Waals surface area contributed by atoms with Gasteiger partial charge in [-0.25, -0.2) is 0 Å². The van der Waals surface area contributed by atoms with Gasteiger partial charge in [0, 0.05) is 24.1 Å². The predicted molar refractivity (Wildman–Crippen MR) is 69.0 cm³/mol. The lowest BCUT2D eigenvalue weighted by Crippen LogP contribution is -2.26. The molecule has 1 fully saturated rings. The second-order valence-corrected chi connectivity index (χ2v) is 4.67. The number of benzene rings is 1. The van der Waals surface area contributed by atoms with E-state index < -0.39 is 0 Å². The molecule has 2 aromatic rings. The number of hydrogen-bond acceptors (Lipinski definition) is 2. The Morgan fingerprint density at radius 3 is 2.65 bits per heavy atom. The first-order valence-corrected chi connectivity index (χ1v) is 6.23. The molecule has 1 aromatic heterocycles. The van der Waals surface area contributed by atoms with Crippen molar-refractivity contribution in [1.29, 1.82) is 0 Å². The highest BCUT2D eigenvalue weighted by Crippen LogP contribution is 2.23. The van der Waals surface area contributed by atoms with Crippen LogP contribution in [0.4, 0.5) is 5.69 Å². The van der Waals surface area contributed by atoms with Gasteiger partial charge in [-0.15, -0.1) is 0 Å². The van der Waals surface area contributed by atoms with Gasteiger partial charge in [0.25, 0.3) is 0 Å². The van der Waals surface area contributed by atoms with E-state index in [0.29, 0.717) is 6.04 Å². The van der Waals surface area contributed by atoms with Crippen molar-refractivity contribution in [2.75, 3.05) is 5.32 Å². The first kappa shape index (κ1) is 10.4. The molecule has 0 bridgehead atoms. The minimum Gasteiger partial charge on any atom is -0.382 e. The van der Waals surface area contributed by atoms with Crippen molar-refractivity contribution in [2.24, 2.45) is 0 Å². The third kappa shape index (κ3) is 2.49. The molecule has 0 spiro atoms. The minimum absolute atomic E-state index is 0.701. The zero-order chi connectivity index (χ0) is 11.5. The quantitative estimate of drug-likeness (QED) is 0.870. The van der Waals surface area contributed by atoms with Gasteiger partial charge < -0.3 is 5.32 Å². The molecule has 0 aliphatic heterocycles. The van der Waals surface area contributed by atoms with E-state index >= 15 is 0 Å². The van der Waals surface area contributed by atoms with Crippen molar-refractivity contribution >= 4 is 5.69 Å². The molecule has 88 valence electrons. The average Bonchev–Trinajstić information content (AvgIpc) is 2.78. The van der Waals surface area contributed by atoms with E-state index in [1.807, 2.05) is 23.1 Å². The van der Waals surface area contributed by atoms with Crippen LogP contribution in [0.2, 0.25) is 0 Å². The maximum Gasteiger partial charge on any atom is 0.0659 e. The molecule has 0 radical (unpaired) electrons. The smallest absolute Gasteiger partial charge is 0.0659 e. The second-order valence-electron chi connectivity index (χ2n) is 4.67. The van der Waals surface area contributed by atoms with Gasteiger partial charge in [-0.05, 0) is 43.0 Å². The van der Waals surface area contributed by atoms with Crippen LogP contribution in [0.3, 0.4) is 0 Å². The molecule has 1 aliphatic rings. The highest BCUT2D eigenvalue weighted by molar-refractivity contribution is 5.45. The lowest BCUT2D eigenvalue weighted by atomic mass is 9.93. The molecule has 0 unspecified atom stereocenters. The van der Waals surface area contributed by atoms with Gasteiger partial charge >= 0.3 is 0 Å². The topological polar surface area (TPSA) is 29.9 Å². The summed E-state index contributed by atoms with van der Waals surface area (Å²) in [6.07, 6.45) is 7.80. The van der Waals surface area contributed by atoms with Crippen molar-refractivity contribution in [3.05, 3.63) is 48.3 Å². The summed E-state index contributed by atoms with van der Waals surface area (Å²) in [7, 11) is 0. The Labute approximate surface area is 101 Å². The Kier molecular flexibility index (Phi) is 2.82. The molecule has 3 nitrogen and oxygen atoms in total. The van der Waals surface area contributed by atoms with Gasteiger partial charge in [-0.2, -0.15) is 5.10 Å². The second kappa shape index (κ2) is 4.62. The van der Waals surface area contributed by atoms with Gasteiger partial charge in [-0.1, -0.05) is 12.1 Å². The van der Waals surface area contributed by atoms with Crippen molar-refractivity contribution < 1.29 is 0 Å². The third-order valence-corrected chi connectivity index (χ3v) is 3.33. The van der Waals surface area contributed by atoms with Crippen molar-refractivity contribution in [1.82, 2.24) is 9.78 Å². The zero-order valence-corrected chi connectivity index (χ0v) is 9.84. The molecular weight excluding hydrogens is 210 g/mol. The van der Waals surface area contributed by atoms with Crippen LogP contribution >= 0.6 is 0 Å². The molecule has 1 aromatic carbocycles. The summed E-state index contributed by atoms with van der Waals surface area (Å²) < 4.78 is 1.94. The largest absolute Gasteiger partial charge is 0.382 e. The fourth-order valence-corrected chi connectivity index (χ4v) is 2.08. The maximum absolute atomic E-state index is 4.21. The van der Waals surface area contributed by atoms with Crippen LogP contribution in [-0.4, -0.2) is 15.8 Å². The molecule has 17 heavy (non-hydrogen) atoms. The number of aromatic nitrogens is 2. The Morgan fingerprint density at radius 2 is 2.06 bits per heavy atom. The van der Waals surface area contributed by atoms with Crippen LogP contribution in [0, 0.1) is 0 Å². The molecular formula is C14H17N3. The van der Waals surface area contributed by atoms with Gasteiger partial charge in [0.2, 0.25) is 0 Å². The maximum atomic E-state index is 4.21. The molecule has 0 saturated heterocycles. The summed E-state index contributed by atoms with van der Waals surface area (Å²) in [5.74, 6) is 0. The Balaban J connectivity index is 1.63.